The van der Waals surface area contributed by atoms with Crippen molar-refractivity contribution in [3.63, 3.8) is 0 Å². The van der Waals surface area contributed by atoms with Crippen LogP contribution in [0.25, 0.3) is 0 Å². The normalized spacial score (nSPS) is 36.6. The standard InChI is InChI=1S/C10H11N3O/c14-9-11-2-1-8-12(9)6-10-3-7(4-10)5-13(8)10/h1-2,7H,3-6H2. The van der Waals surface area contributed by atoms with E-state index in [2.05, 4.69) is 9.88 Å². The lowest BCUT2D eigenvalue weighted by molar-refractivity contribution is 0.229. The van der Waals surface area contributed by atoms with Crippen molar-refractivity contribution in [3.05, 3.63) is 22.7 Å². The van der Waals surface area contributed by atoms with Gasteiger partial charge in [-0.25, -0.2) is 9.78 Å². The minimum atomic E-state index is -0.0882. The highest BCUT2D eigenvalue weighted by atomic mass is 16.1. The Bertz CT molecular complexity index is 473. The summed E-state index contributed by atoms with van der Waals surface area (Å²) in [6, 6.07) is 1.97. The number of anilines is 1. The van der Waals surface area contributed by atoms with E-state index in [4.69, 9.17) is 0 Å². The molecule has 0 amide bonds. The molecule has 3 fully saturated rings. The molecule has 5 rings (SSSR count). The maximum Gasteiger partial charge on any atom is 0.349 e. The van der Waals surface area contributed by atoms with Gasteiger partial charge >= 0.3 is 5.69 Å². The summed E-state index contributed by atoms with van der Waals surface area (Å²) in [5, 5.41) is 0. The van der Waals surface area contributed by atoms with Crippen molar-refractivity contribution in [1.82, 2.24) is 9.55 Å². The number of hydrogen-bond donors (Lipinski definition) is 0. The third kappa shape index (κ3) is 0.576. The Morgan fingerprint density at radius 3 is 3.21 bits per heavy atom. The number of fused-ring (bicyclic) bond motifs is 1. The van der Waals surface area contributed by atoms with Crippen molar-refractivity contribution in [3.8, 4) is 0 Å². The van der Waals surface area contributed by atoms with Crippen LogP contribution in [0.4, 0.5) is 5.82 Å². The summed E-state index contributed by atoms with van der Waals surface area (Å²) in [5.74, 6) is 1.97. The van der Waals surface area contributed by atoms with E-state index in [-0.39, 0.29) is 5.69 Å². The molecular weight excluding hydrogens is 178 g/mol. The average molecular weight is 189 g/mol. The highest BCUT2D eigenvalue weighted by Crippen LogP contribution is 2.55. The number of nitrogens with zero attached hydrogens (tertiary/aromatic N) is 3. The van der Waals surface area contributed by atoms with E-state index in [1.807, 2.05) is 10.6 Å². The summed E-state index contributed by atoms with van der Waals surface area (Å²) in [4.78, 5) is 17.8. The third-order valence-corrected chi connectivity index (χ3v) is 4.00. The predicted molar refractivity (Wildman–Crippen MR) is 51.3 cm³/mol. The molecule has 0 unspecified atom stereocenters. The molecule has 0 atom stereocenters. The maximum atomic E-state index is 11.5. The second-order valence-corrected chi connectivity index (χ2v) is 4.78. The van der Waals surface area contributed by atoms with Crippen LogP contribution in [0, 0.1) is 5.92 Å². The summed E-state index contributed by atoms with van der Waals surface area (Å²) in [6.45, 7) is 2.01. The zero-order valence-electron chi connectivity index (χ0n) is 7.81. The van der Waals surface area contributed by atoms with E-state index in [0.717, 1.165) is 24.8 Å². The van der Waals surface area contributed by atoms with Gasteiger partial charge in [-0.3, -0.25) is 4.57 Å². The molecule has 2 saturated heterocycles. The van der Waals surface area contributed by atoms with Gasteiger partial charge in [-0.05, 0) is 24.8 Å². The van der Waals surface area contributed by atoms with Crippen LogP contribution in [0.1, 0.15) is 12.8 Å². The minimum Gasteiger partial charge on any atom is -0.350 e. The molecule has 1 aromatic heterocycles. The topological polar surface area (TPSA) is 38.1 Å². The Kier molecular flexibility index (Phi) is 0.941. The fraction of sp³-hybridized carbons (Fsp3) is 0.600. The lowest BCUT2D eigenvalue weighted by Gasteiger charge is -2.37. The number of hydrogen-bond acceptors (Lipinski definition) is 3. The average Bonchev–Trinajstić information content (AvgIpc) is 2.66. The molecule has 2 bridgehead atoms. The molecule has 1 aliphatic carbocycles. The minimum absolute atomic E-state index is 0.0882. The zero-order valence-corrected chi connectivity index (χ0v) is 7.81. The van der Waals surface area contributed by atoms with E-state index >= 15 is 0 Å². The van der Waals surface area contributed by atoms with Crippen LogP contribution in [0.15, 0.2) is 17.1 Å². The first-order chi connectivity index (χ1) is 6.78. The van der Waals surface area contributed by atoms with Gasteiger partial charge in [-0.2, -0.15) is 0 Å². The van der Waals surface area contributed by atoms with Crippen molar-refractivity contribution < 1.29 is 0 Å². The van der Waals surface area contributed by atoms with Crippen LogP contribution in [-0.4, -0.2) is 21.6 Å². The Hall–Kier alpha value is -1.32. The quantitative estimate of drug-likeness (QED) is 0.586. The first-order valence-electron chi connectivity index (χ1n) is 5.12. The maximum absolute atomic E-state index is 11.5. The SMILES string of the molecule is O=c1nccc2n1CC13CC(CN21)C3. The lowest BCUT2D eigenvalue weighted by atomic mass is 9.74. The molecule has 14 heavy (non-hydrogen) atoms. The van der Waals surface area contributed by atoms with Gasteiger partial charge in [-0.15, -0.1) is 0 Å². The van der Waals surface area contributed by atoms with Crippen molar-refractivity contribution in [1.29, 1.82) is 0 Å². The first kappa shape index (κ1) is 7.04. The highest BCUT2D eigenvalue weighted by molar-refractivity contribution is 5.52. The Morgan fingerprint density at radius 1 is 1.50 bits per heavy atom. The number of rotatable bonds is 0. The van der Waals surface area contributed by atoms with Gasteiger partial charge in [0.2, 0.25) is 0 Å². The van der Waals surface area contributed by atoms with Crippen molar-refractivity contribution >= 4 is 5.82 Å². The Labute approximate surface area is 81.2 Å². The van der Waals surface area contributed by atoms with E-state index in [9.17, 15) is 4.79 Å². The molecule has 0 N–H and O–H groups in total. The third-order valence-electron chi connectivity index (χ3n) is 4.00. The Morgan fingerprint density at radius 2 is 2.36 bits per heavy atom. The van der Waals surface area contributed by atoms with Gasteiger partial charge in [0.1, 0.15) is 5.82 Å². The molecule has 1 saturated carbocycles. The van der Waals surface area contributed by atoms with Gasteiger partial charge in [0.15, 0.2) is 0 Å². The number of aromatic nitrogens is 2. The highest BCUT2D eigenvalue weighted by Gasteiger charge is 2.59. The van der Waals surface area contributed by atoms with E-state index in [1.54, 1.807) is 6.20 Å². The summed E-state index contributed by atoms with van der Waals surface area (Å²) in [6.07, 6.45) is 4.17. The predicted octanol–water partition coefficient (Wildman–Crippen LogP) is 0.226. The second-order valence-electron chi connectivity index (χ2n) is 4.78. The molecule has 1 spiro atoms. The van der Waals surface area contributed by atoms with E-state index in [1.165, 1.54) is 12.8 Å². The molecule has 0 radical (unpaired) electrons. The van der Waals surface area contributed by atoms with Gasteiger partial charge in [0.05, 0.1) is 12.1 Å². The molecule has 0 aromatic carbocycles. The van der Waals surface area contributed by atoms with Gasteiger partial charge in [0, 0.05) is 12.7 Å². The van der Waals surface area contributed by atoms with Crippen LogP contribution in [0.3, 0.4) is 0 Å². The van der Waals surface area contributed by atoms with Crippen LogP contribution < -0.4 is 10.6 Å². The molecular formula is C10H11N3O. The largest absolute Gasteiger partial charge is 0.350 e. The molecule has 4 aliphatic rings. The molecule has 4 nitrogen and oxygen atoms in total. The first-order valence-corrected chi connectivity index (χ1v) is 5.12. The van der Waals surface area contributed by atoms with Gasteiger partial charge in [0.25, 0.3) is 0 Å². The van der Waals surface area contributed by atoms with Crippen LogP contribution in [0.2, 0.25) is 0 Å². The summed E-state index contributed by atoms with van der Waals surface area (Å²) in [7, 11) is 0. The summed E-state index contributed by atoms with van der Waals surface area (Å²) < 4.78 is 1.83. The van der Waals surface area contributed by atoms with Crippen molar-refractivity contribution in [2.24, 2.45) is 5.92 Å². The van der Waals surface area contributed by atoms with Gasteiger partial charge < -0.3 is 4.90 Å². The molecule has 4 heteroatoms. The molecule has 3 aliphatic heterocycles. The fourth-order valence-electron chi connectivity index (χ4n) is 3.47. The van der Waals surface area contributed by atoms with Crippen LogP contribution in [0.5, 0.6) is 0 Å². The van der Waals surface area contributed by atoms with Crippen molar-refractivity contribution in [2.75, 3.05) is 11.4 Å². The molecule has 1 aromatic rings. The van der Waals surface area contributed by atoms with Gasteiger partial charge in [-0.1, -0.05) is 0 Å². The van der Waals surface area contributed by atoms with E-state index in [0.29, 0.717) is 5.54 Å². The van der Waals surface area contributed by atoms with Crippen molar-refractivity contribution in [2.45, 2.75) is 24.9 Å². The fourth-order valence-corrected chi connectivity index (χ4v) is 3.47. The summed E-state index contributed by atoms with van der Waals surface area (Å²) >= 11 is 0. The Balaban J connectivity index is 1.98. The lowest BCUT2D eigenvalue weighted by Crippen LogP contribution is -2.44. The zero-order chi connectivity index (χ0) is 9.34. The second kappa shape index (κ2) is 1.87. The summed E-state index contributed by atoms with van der Waals surface area (Å²) in [5.41, 5.74) is 0.217. The van der Waals surface area contributed by atoms with Crippen LogP contribution >= 0.6 is 0 Å². The monoisotopic (exact) mass is 189 g/mol. The molecule has 4 heterocycles. The van der Waals surface area contributed by atoms with Crippen LogP contribution in [-0.2, 0) is 6.54 Å². The smallest absolute Gasteiger partial charge is 0.349 e. The molecule has 72 valence electrons. The van der Waals surface area contributed by atoms with E-state index < -0.39 is 0 Å².